The highest BCUT2D eigenvalue weighted by atomic mass is 79.9. The third-order valence-electron chi connectivity index (χ3n) is 3.05. The van der Waals surface area contributed by atoms with E-state index >= 15 is 0 Å². The highest BCUT2D eigenvalue weighted by molar-refractivity contribution is 9.10. The van der Waals surface area contributed by atoms with Crippen LogP contribution in [-0.4, -0.2) is 10.2 Å². The number of anilines is 1. The Kier molecular flexibility index (Phi) is 4.42. The lowest BCUT2D eigenvalue weighted by atomic mass is 10.2. The minimum atomic E-state index is -0.306. The molecule has 1 fully saturated rings. The van der Waals surface area contributed by atoms with Crippen molar-refractivity contribution in [2.45, 2.75) is 0 Å². The van der Waals surface area contributed by atoms with E-state index in [0.717, 1.165) is 15.7 Å². The third-order valence-corrected chi connectivity index (χ3v) is 4.88. The van der Waals surface area contributed by atoms with Crippen molar-refractivity contribution in [3.8, 4) is 0 Å². The molecular weight excluding hydrogens is 385 g/mol. The lowest BCUT2D eigenvalue weighted by Crippen LogP contribution is -2.27. The van der Waals surface area contributed by atoms with Crippen molar-refractivity contribution >= 4 is 61.9 Å². The lowest BCUT2D eigenvalue weighted by molar-refractivity contribution is -0.113. The molecule has 1 heterocycles. The summed E-state index contributed by atoms with van der Waals surface area (Å²) in [6.07, 6.45) is 1.72. The van der Waals surface area contributed by atoms with Crippen LogP contribution in [-0.2, 0) is 4.79 Å². The van der Waals surface area contributed by atoms with E-state index in [1.807, 2.05) is 24.3 Å². The van der Waals surface area contributed by atoms with Gasteiger partial charge in [0.15, 0.2) is 4.32 Å². The molecule has 0 N–H and O–H groups in total. The molecule has 0 aromatic heterocycles. The molecule has 110 valence electrons. The summed E-state index contributed by atoms with van der Waals surface area (Å²) >= 11 is 9.91. The number of hydrogen-bond donors (Lipinski definition) is 0. The quantitative estimate of drug-likeness (QED) is 0.529. The molecule has 2 aromatic carbocycles. The van der Waals surface area contributed by atoms with Crippen LogP contribution in [0.15, 0.2) is 57.9 Å². The van der Waals surface area contributed by atoms with E-state index in [4.69, 9.17) is 12.2 Å². The van der Waals surface area contributed by atoms with E-state index in [1.165, 1.54) is 28.8 Å². The summed E-state index contributed by atoms with van der Waals surface area (Å²) < 4.78 is 14.3. The minimum absolute atomic E-state index is 0.165. The molecule has 1 saturated heterocycles. The number of thioether (sulfide) groups is 1. The fraction of sp³-hybridized carbons (Fsp3) is 0. The van der Waals surface area contributed by atoms with Gasteiger partial charge < -0.3 is 0 Å². The van der Waals surface area contributed by atoms with Crippen molar-refractivity contribution in [1.29, 1.82) is 0 Å². The van der Waals surface area contributed by atoms with Gasteiger partial charge in [0.2, 0.25) is 0 Å². The predicted molar refractivity (Wildman–Crippen MR) is 96.2 cm³/mol. The van der Waals surface area contributed by atoms with Crippen molar-refractivity contribution < 1.29 is 9.18 Å². The van der Waals surface area contributed by atoms with Crippen molar-refractivity contribution in [3.63, 3.8) is 0 Å². The van der Waals surface area contributed by atoms with Crippen LogP contribution in [0.4, 0.5) is 10.1 Å². The number of amides is 1. The maximum absolute atomic E-state index is 12.9. The summed E-state index contributed by atoms with van der Waals surface area (Å²) in [4.78, 5) is 14.6. The van der Waals surface area contributed by atoms with E-state index in [9.17, 15) is 9.18 Å². The number of benzene rings is 2. The largest absolute Gasteiger partial charge is 0.270 e. The molecule has 0 radical (unpaired) electrons. The molecule has 22 heavy (non-hydrogen) atoms. The molecule has 0 saturated carbocycles. The summed E-state index contributed by atoms with van der Waals surface area (Å²) in [5.41, 5.74) is 1.49. The number of hydrogen-bond acceptors (Lipinski definition) is 3. The van der Waals surface area contributed by atoms with Gasteiger partial charge in [-0.1, -0.05) is 52.0 Å². The van der Waals surface area contributed by atoms with Gasteiger partial charge in [-0.2, -0.15) is 0 Å². The average Bonchev–Trinajstić information content (AvgIpc) is 2.77. The van der Waals surface area contributed by atoms with Gasteiger partial charge >= 0.3 is 0 Å². The molecule has 0 bridgehead atoms. The van der Waals surface area contributed by atoms with Gasteiger partial charge in [-0.15, -0.1) is 0 Å². The fourth-order valence-corrected chi connectivity index (χ4v) is 3.55. The van der Waals surface area contributed by atoms with Gasteiger partial charge in [-0.05, 0) is 48.0 Å². The van der Waals surface area contributed by atoms with Crippen molar-refractivity contribution in [2.24, 2.45) is 0 Å². The Hall–Kier alpha value is -1.50. The minimum Gasteiger partial charge on any atom is -0.268 e. The molecule has 6 heteroatoms. The number of thiocarbonyl (C=S) groups is 1. The molecule has 0 atom stereocenters. The lowest BCUT2D eigenvalue weighted by Gasteiger charge is -2.14. The van der Waals surface area contributed by atoms with Gasteiger partial charge in [0.1, 0.15) is 5.82 Å². The zero-order chi connectivity index (χ0) is 15.7. The Morgan fingerprint density at radius 2 is 1.73 bits per heavy atom. The molecule has 1 aliphatic heterocycles. The Morgan fingerprint density at radius 3 is 2.36 bits per heavy atom. The average molecular weight is 394 g/mol. The van der Waals surface area contributed by atoms with E-state index in [0.29, 0.717) is 9.23 Å². The first-order valence-electron chi connectivity index (χ1n) is 6.34. The first-order valence-corrected chi connectivity index (χ1v) is 8.35. The number of carbonyl (C=O) groups is 1. The summed E-state index contributed by atoms with van der Waals surface area (Å²) in [6, 6.07) is 13.4. The second-order valence-corrected chi connectivity index (χ2v) is 7.14. The molecule has 3 rings (SSSR count). The predicted octanol–water partition coefficient (Wildman–Crippen LogP) is 4.99. The van der Waals surface area contributed by atoms with Gasteiger partial charge in [0.05, 0.1) is 10.6 Å². The SMILES string of the molecule is O=C1/C(=C\c2ccc(F)cc2)SC(=S)N1c1ccc(Br)cc1. The number of carbonyl (C=O) groups excluding carboxylic acids is 1. The van der Waals surface area contributed by atoms with Crippen LogP contribution in [0, 0.1) is 5.82 Å². The maximum Gasteiger partial charge on any atom is 0.270 e. The first-order chi connectivity index (χ1) is 10.5. The monoisotopic (exact) mass is 393 g/mol. The Balaban J connectivity index is 1.91. The number of rotatable bonds is 2. The van der Waals surface area contributed by atoms with E-state index in [2.05, 4.69) is 15.9 Å². The highest BCUT2D eigenvalue weighted by Crippen LogP contribution is 2.36. The second kappa shape index (κ2) is 6.32. The normalized spacial score (nSPS) is 16.6. The topological polar surface area (TPSA) is 20.3 Å². The van der Waals surface area contributed by atoms with E-state index in [1.54, 1.807) is 18.2 Å². The zero-order valence-electron chi connectivity index (χ0n) is 11.1. The summed E-state index contributed by atoms with van der Waals surface area (Å²) in [6.45, 7) is 0. The first kappa shape index (κ1) is 15.4. The smallest absolute Gasteiger partial charge is 0.268 e. The van der Waals surface area contributed by atoms with Crippen molar-refractivity contribution in [3.05, 3.63) is 69.3 Å². The number of halogens is 2. The van der Waals surface area contributed by atoms with E-state index < -0.39 is 0 Å². The highest BCUT2D eigenvalue weighted by Gasteiger charge is 2.33. The van der Waals surface area contributed by atoms with Crippen molar-refractivity contribution in [1.82, 2.24) is 0 Å². The van der Waals surface area contributed by atoms with Gasteiger partial charge in [0.25, 0.3) is 5.91 Å². The van der Waals surface area contributed by atoms with Crippen LogP contribution in [0.1, 0.15) is 5.56 Å². The molecule has 2 nitrogen and oxygen atoms in total. The van der Waals surface area contributed by atoms with Crippen LogP contribution in [0.25, 0.3) is 6.08 Å². The molecule has 1 aliphatic rings. The third kappa shape index (κ3) is 3.14. The van der Waals surface area contributed by atoms with E-state index in [-0.39, 0.29) is 11.7 Å². The fourth-order valence-electron chi connectivity index (χ4n) is 1.99. The molecule has 1 amide bonds. The van der Waals surface area contributed by atoms with Crippen LogP contribution in [0.5, 0.6) is 0 Å². The van der Waals surface area contributed by atoms with Gasteiger partial charge in [0, 0.05) is 4.47 Å². The Morgan fingerprint density at radius 1 is 1.09 bits per heavy atom. The summed E-state index contributed by atoms with van der Waals surface area (Å²) in [5.74, 6) is -0.471. The molecule has 2 aromatic rings. The van der Waals surface area contributed by atoms with Crippen LogP contribution < -0.4 is 4.90 Å². The van der Waals surface area contributed by atoms with Crippen LogP contribution in [0.2, 0.25) is 0 Å². The van der Waals surface area contributed by atoms with Crippen LogP contribution in [0.3, 0.4) is 0 Å². The van der Waals surface area contributed by atoms with Crippen LogP contribution >= 0.6 is 39.9 Å². The van der Waals surface area contributed by atoms with Gasteiger partial charge in [-0.25, -0.2) is 4.39 Å². The Labute approximate surface area is 145 Å². The van der Waals surface area contributed by atoms with Gasteiger partial charge in [-0.3, -0.25) is 9.69 Å². The molecule has 0 aliphatic carbocycles. The zero-order valence-corrected chi connectivity index (χ0v) is 14.3. The second-order valence-electron chi connectivity index (χ2n) is 4.55. The molecular formula is C16H9BrFNOS2. The summed E-state index contributed by atoms with van der Waals surface area (Å²) in [7, 11) is 0. The molecule has 0 unspecified atom stereocenters. The standard InChI is InChI=1S/C16H9BrFNOS2/c17-11-3-7-13(8-4-11)19-15(20)14(22-16(19)21)9-10-1-5-12(18)6-2-10/h1-9H/b14-9+. The molecule has 0 spiro atoms. The van der Waals surface area contributed by atoms with Crippen molar-refractivity contribution in [2.75, 3.05) is 4.90 Å². The maximum atomic E-state index is 12.9. The Bertz CT molecular complexity index is 772. The number of nitrogens with zero attached hydrogens (tertiary/aromatic N) is 1. The summed E-state index contributed by atoms with van der Waals surface area (Å²) in [5, 5.41) is 0.